The van der Waals surface area contributed by atoms with Crippen molar-refractivity contribution in [2.24, 2.45) is 5.73 Å². The molecule has 0 aliphatic carbocycles. The van der Waals surface area contributed by atoms with Crippen LogP contribution >= 0.6 is 11.3 Å². The molecule has 27 heavy (non-hydrogen) atoms. The minimum atomic E-state index is -0.549. The molecule has 0 aliphatic heterocycles. The molecule has 3 aromatic heterocycles. The highest BCUT2D eigenvalue weighted by molar-refractivity contribution is 7.14. The number of aromatic nitrogens is 6. The Morgan fingerprint density at radius 2 is 2.15 bits per heavy atom. The van der Waals surface area contributed by atoms with E-state index in [-0.39, 0.29) is 5.91 Å². The number of rotatable bonds is 5. The van der Waals surface area contributed by atoms with Gasteiger partial charge in [-0.2, -0.15) is 0 Å². The van der Waals surface area contributed by atoms with Gasteiger partial charge in [0.1, 0.15) is 12.0 Å². The number of carbonyl (C=O) groups is 2. The van der Waals surface area contributed by atoms with Gasteiger partial charge >= 0.3 is 0 Å². The van der Waals surface area contributed by atoms with Gasteiger partial charge in [-0.3, -0.25) is 14.9 Å². The summed E-state index contributed by atoms with van der Waals surface area (Å²) in [4.78, 5) is 30.8. The second-order valence-electron chi connectivity index (χ2n) is 5.46. The predicted molar refractivity (Wildman–Crippen MR) is 97.5 cm³/mol. The van der Waals surface area contributed by atoms with Gasteiger partial charge in [0, 0.05) is 22.7 Å². The maximum atomic E-state index is 12.5. The number of nitrogens with zero attached hydrogens (tertiary/aromatic N) is 5. The van der Waals surface area contributed by atoms with Gasteiger partial charge in [-0.25, -0.2) is 9.67 Å². The Bertz CT molecular complexity index is 1120. The van der Waals surface area contributed by atoms with E-state index in [2.05, 4.69) is 30.8 Å². The molecule has 0 fully saturated rings. The summed E-state index contributed by atoms with van der Waals surface area (Å²) in [7, 11) is 0. The molecule has 11 heteroatoms. The molecule has 0 aliphatic rings. The number of H-pyrrole nitrogens is 1. The Morgan fingerprint density at radius 1 is 1.26 bits per heavy atom. The minimum absolute atomic E-state index is 0.294. The number of thiazole rings is 1. The second kappa shape index (κ2) is 6.80. The van der Waals surface area contributed by atoms with Gasteiger partial charge < -0.3 is 10.7 Å². The summed E-state index contributed by atoms with van der Waals surface area (Å²) < 4.78 is 1.46. The fraction of sp³-hybridized carbons (Fsp3) is 0. The SMILES string of the molecule is NC(=O)c1cc(-c2csc(NC(=O)c3cccc(-n4cnnn4)c3)n2)c[nH]1. The lowest BCUT2D eigenvalue weighted by Gasteiger charge is -2.04. The largest absolute Gasteiger partial charge is 0.364 e. The average molecular weight is 380 g/mol. The molecule has 10 nitrogen and oxygen atoms in total. The first kappa shape index (κ1) is 16.6. The highest BCUT2D eigenvalue weighted by Gasteiger charge is 2.13. The Balaban J connectivity index is 1.51. The topological polar surface area (TPSA) is 144 Å². The van der Waals surface area contributed by atoms with Crippen molar-refractivity contribution < 1.29 is 9.59 Å². The van der Waals surface area contributed by atoms with E-state index < -0.39 is 5.91 Å². The van der Waals surface area contributed by atoms with Crippen molar-refractivity contribution in [3.8, 4) is 16.9 Å². The molecule has 0 unspecified atom stereocenters. The van der Waals surface area contributed by atoms with E-state index in [0.29, 0.717) is 33.3 Å². The van der Waals surface area contributed by atoms with Crippen molar-refractivity contribution in [2.45, 2.75) is 0 Å². The Kier molecular flexibility index (Phi) is 4.18. The summed E-state index contributed by atoms with van der Waals surface area (Å²) >= 11 is 1.28. The van der Waals surface area contributed by atoms with E-state index in [0.717, 1.165) is 0 Å². The molecule has 4 aromatic rings. The highest BCUT2D eigenvalue weighted by Crippen LogP contribution is 2.26. The first-order valence-corrected chi connectivity index (χ1v) is 8.57. The molecule has 0 atom stereocenters. The van der Waals surface area contributed by atoms with Crippen LogP contribution in [0.1, 0.15) is 20.8 Å². The summed E-state index contributed by atoms with van der Waals surface area (Å²) in [6, 6.07) is 8.49. The van der Waals surface area contributed by atoms with E-state index in [1.165, 1.54) is 22.3 Å². The summed E-state index contributed by atoms with van der Waals surface area (Å²) in [6.07, 6.45) is 3.08. The number of tetrazole rings is 1. The van der Waals surface area contributed by atoms with E-state index in [4.69, 9.17) is 5.73 Å². The lowest BCUT2D eigenvalue weighted by atomic mass is 10.2. The van der Waals surface area contributed by atoms with Gasteiger partial charge in [-0.05, 0) is 34.7 Å². The zero-order valence-electron chi connectivity index (χ0n) is 13.7. The molecule has 0 radical (unpaired) electrons. The molecule has 1 aromatic carbocycles. The number of hydrogen-bond acceptors (Lipinski definition) is 7. The summed E-state index contributed by atoms with van der Waals surface area (Å²) in [5.41, 5.74) is 7.97. The Hall–Kier alpha value is -3.86. The third-order valence-corrected chi connectivity index (χ3v) is 4.45. The number of anilines is 1. The van der Waals surface area contributed by atoms with E-state index in [1.54, 1.807) is 41.9 Å². The molecule has 2 amide bonds. The van der Waals surface area contributed by atoms with Crippen molar-refractivity contribution >= 4 is 28.3 Å². The van der Waals surface area contributed by atoms with Gasteiger partial charge in [-0.1, -0.05) is 6.07 Å². The van der Waals surface area contributed by atoms with E-state index in [1.807, 2.05) is 0 Å². The smallest absolute Gasteiger partial charge is 0.265 e. The molecule has 4 N–H and O–H groups in total. The maximum Gasteiger partial charge on any atom is 0.265 e. The number of hydrogen-bond donors (Lipinski definition) is 3. The van der Waals surface area contributed by atoms with Gasteiger partial charge in [0.15, 0.2) is 5.13 Å². The van der Waals surface area contributed by atoms with Crippen LogP contribution in [-0.4, -0.2) is 42.0 Å². The standard InChI is InChI=1S/C16H12N8O2S/c17-14(25)12-5-10(6-18-12)13-7-27-16(20-13)21-15(26)9-2-1-3-11(4-9)24-8-19-22-23-24/h1-8,18H,(H2,17,25)(H,20,21,26). The summed E-state index contributed by atoms with van der Waals surface area (Å²) in [6.45, 7) is 0. The van der Waals surface area contributed by atoms with Crippen LogP contribution in [0.4, 0.5) is 5.13 Å². The van der Waals surface area contributed by atoms with Crippen LogP contribution in [-0.2, 0) is 0 Å². The number of aromatic amines is 1. The maximum absolute atomic E-state index is 12.5. The summed E-state index contributed by atoms with van der Waals surface area (Å²) in [5, 5.41) is 15.9. The quantitative estimate of drug-likeness (QED) is 0.478. The van der Waals surface area contributed by atoms with Crippen LogP contribution in [0.3, 0.4) is 0 Å². The predicted octanol–water partition coefficient (Wildman–Crippen LogP) is 1.47. The molecule has 134 valence electrons. The normalized spacial score (nSPS) is 10.7. The van der Waals surface area contributed by atoms with Crippen molar-refractivity contribution in [2.75, 3.05) is 5.32 Å². The van der Waals surface area contributed by atoms with Gasteiger partial charge in [0.2, 0.25) is 0 Å². The molecule has 0 saturated carbocycles. The van der Waals surface area contributed by atoms with Crippen LogP contribution in [0.25, 0.3) is 16.9 Å². The van der Waals surface area contributed by atoms with Crippen LogP contribution in [0.2, 0.25) is 0 Å². The summed E-state index contributed by atoms with van der Waals surface area (Å²) in [5.74, 6) is -0.856. The lowest BCUT2D eigenvalue weighted by molar-refractivity contribution is 0.0994. The highest BCUT2D eigenvalue weighted by atomic mass is 32.1. The van der Waals surface area contributed by atoms with Gasteiger partial charge in [-0.15, -0.1) is 16.4 Å². The van der Waals surface area contributed by atoms with Crippen molar-refractivity contribution in [1.82, 2.24) is 30.2 Å². The molecule has 4 rings (SSSR count). The number of nitrogens with one attached hydrogen (secondary N) is 2. The van der Waals surface area contributed by atoms with Crippen LogP contribution in [0.5, 0.6) is 0 Å². The molecule has 0 spiro atoms. The lowest BCUT2D eigenvalue weighted by Crippen LogP contribution is -2.12. The fourth-order valence-corrected chi connectivity index (χ4v) is 3.10. The van der Waals surface area contributed by atoms with Crippen molar-refractivity contribution in [3.05, 3.63) is 59.5 Å². The Morgan fingerprint density at radius 3 is 2.89 bits per heavy atom. The van der Waals surface area contributed by atoms with Crippen molar-refractivity contribution in [1.29, 1.82) is 0 Å². The van der Waals surface area contributed by atoms with E-state index in [9.17, 15) is 9.59 Å². The third-order valence-electron chi connectivity index (χ3n) is 3.69. The molecule has 0 bridgehead atoms. The van der Waals surface area contributed by atoms with Gasteiger partial charge in [0.25, 0.3) is 11.8 Å². The van der Waals surface area contributed by atoms with Crippen LogP contribution < -0.4 is 11.1 Å². The number of amides is 2. The number of benzene rings is 1. The minimum Gasteiger partial charge on any atom is -0.364 e. The third kappa shape index (κ3) is 3.43. The average Bonchev–Trinajstić information content (AvgIpc) is 3.42. The molecular weight excluding hydrogens is 368 g/mol. The van der Waals surface area contributed by atoms with E-state index >= 15 is 0 Å². The monoisotopic (exact) mass is 380 g/mol. The van der Waals surface area contributed by atoms with Crippen molar-refractivity contribution in [3.63, 3.8) is 0 Å². The molecule has 0 saturated heterocycles. The second-order valence-corrected chi connectivity index (χ2v) is 6.32. The van der Waals surface area contributed by atoms with Gasteiger partial charge in [0.05, 0.1) is 11.4 Å². The number of primary amides is 1. The fourth-order valence-electron chi connectivity index (χ4n) is 2.39. The first-order chi connectivity index (χ1) is 13.1. The first-order valence-electron chi connectivity index (χ1n) is 7.69. The zero-order chi connectivity index (χ0) is 18.8. The van der Waals surface area contributed by atoms with Crippen LogP contribution in [0, 0.1) is 0 Å². The molecule has 3 heterocycles. The number of nitrogens with two attached hydrogens (primary N) is 1. The molecular formula is C16H12N8O2S. The zero-order valence-corrected chi connectivity index (χ0v) is 14.5. The van der Waals surface area contributed by atoms with Crippen LogP contribution in [0.15, 0.2) is 48.2 Å². The Labute approximate surface area is 156 Å². The number of carbonyl (C=O) groups excluding carboxylic acids is 2.